The third-order valence-electron chi connectivity index (χ3n) is 0.386. The Balaban J connectivity index is 0. The molecule has 0 aliphatic rings. The van der Waals surface area contributed by atoms with Gasteiger partial charge in [0.2, 0.25) is 20.2 Å². The van der Waals surface area contributed by atoms with Crippen LogP contribution >= 0.6 is 0 Å². The number of nitroso groups, excluding NO2 is 2. The lowest BCUT2D eigenvalue weighted by Gasteiger charge is -2.05. The van der Waals surface area contributed by atoms with E-state index in [1.54, 1.807) is 0 Å². The van der Waals surface area contributed by atoms with E-state index >= 15 is 0 Å². The van der Waals surface area contributed by atoms with Crippen molar-refractivity contribution in [2.45, 2.75) is 6.92 Å². The molecule has 0 aromatic heterocycles. The van der Waals surface area contributed by atoms with E-state index in [2.05, 4.69) is 7.81 Å². The third kappa shape index (κ3) is 15.4. The van der Waals surface area contributed by atoms with Gasteiger partial charge in [-0.25, -0.2) is 8.42 Å². The molecular weight excluding hydrogens is 262 g/mol. The van der Waals surface area contributed by atoms with Gasteiger partial charge in [0.15, 0.2) is 0 Å². The maximum Gasteiger partial charge on any atom is 0.569 e. The second kappa shape index (κ2) is 6.15. The van der Waals surface area contributed by atoms with Crippen molar-refractivity contribution in [2.24, 2.45) is 0 Å². The van der Waals surface area contributed by atoms with Gasteiger partial charge >= 0.3 is 21.4 Å². The molecule has 13 heteroatoms. The highest BCUT2D eigenvalue weighted by molar-refractivity contribution is 7.95. The monoisotopic (exact) mass is 265 g/mol. The van der Waals surface area contributed by atoms with Crippen LogP contribution in [0.4, 0.5) is 0 Å². The molecule has 0 aliphatic heterocycles. The maximum absolute atomic E-state index is 10.2. The molecule has 0 aromatic rings. The summed E-state index contributed by atoms with van der Waals surface area (Å²) in [5.74, 6) is -1.32. The van der Waals surface area contributed by atoms with Crippen LogP contribution in [-0.4, -0.2) is 27.4 Å². The van der Waals surface area contributed by atoms with Gasteiger partial charge in [-0.2, -0.15) is 8.42 Å². The summed E-state index contributed by atoms with van der Waals surface area (Å²) in [7, 11) is -10.5. The molecule has 0 N–H and O–H groups in total. The van der Waals surface area contributed by atoms with Crippen molar-refractivity contribution >= 4 is 26.8 Å². The van der Waals surface area contributed by atoms with Gasteiger partial charge in [-0.15, -0.1) is 3.63 Å². The molecule has 0 fully saturated rings. The summed E-state index contributed by atoms with van der Waals surface area (Å²) in [6, 6.07) is 0. The van der Waals surface area contributed by atoms with Crippen molar-refractivity contribution in [2.75, 3.05) is 0 Å². The molecule has 0 aliphatic carbocycles. The minimum atomic E-state index is -5.44. The number of hydrogen-bond acceptors (Lipinski definition) is 10. The summed E-state index contributed by atoms with van der Waals surface area (Å²) in [6.07, 6.45) is 0. The molecule has 15 heavy (non-hydrogen) atoms. The number of carbonyl (C=O) groups excluding carboxylic acids is 1. The van der Waals surface area contributed by atoms with Crippen molar-refractivity contribution < 1.29 is 34.0 Å². The van der Waals surface area contributed by atoms with Crippen LogP contribution in [0.2, 0.25) is 0 Å². The zero-order chi connectivity index (χ0) is 12.7. The van der Waals surface area contributed by atoms with Crippen molar-refractivity contribution in [3.8, 4) is 0 Å². The fourth-order valence-electron chi connectivity index (χ4n) is 0.260. The topological polar surface area (TPSA) is 175 Å². The van der Waals surface area contributed by atoms with Gasteiger partial charge in [0.05, 0.1) is 0 Å². The molecule has 0 aromatic carbocycles. The van der Waals surface area contributed by atoms with Crippen molar-refractivity contribution in [3.63, 3.8) is 0 Å². The first-order chi connectivity index (χ1) is 6.54. The molecule has 11 nitrogen and oxygen atoms in total. The maximum atomic E-state index is 10.2. The first-order valence-corrected chi connectivity index (χ1v) is 5.27. The van der Waals surface area contributed by atoms with Gasteiger partial charge in [-0.1, -0.05) is 0 Å². The largest absolute Gasteiger partial charge is 0.725 e. The number of nitrogens with zero attached hydrogens (tertiary/aromatic N) is 1. The second-order valence-corrected chi connectivity index (χ2v) is 3.88. The quantitative estimate of drug-likeness (QED) is 0.310. The number of carbonyl (C=O) groups is 1. The minimum absolute atomic E-state index is 0.693. The first kappa shape index (κ1) is 16.0. The van der Waals surface area contributed by atoms with Crippen molar-refractivity contribution in [1.29, 1.82) is 0 Å². The Kier molecular flexibility index (Phi) is 6.58. The van der Waals surface area contributed by atoms with Crippen LogP contribution in [0.1, 0.15) is 6.92 Å². The van der Waals surface area contributed by atoms with Crippen LogP contribution in [-0.2, 0) is 33.4 Å². The zero-order valence-corrected chi connectivity index (χ0v) is 8.48. The van der Waals surface area contributed by atoms with Crippen LogP contribution in [0.15, 0.2) is 0 Å². The molecule has 0 atom stereocenters. The van der Waals surface area contributed by atoms with E-state index in [1.165, 1.54) is 0 Å². The van der Waals surface area contributed by atoms with Crippen LogP contribution in [0, 0.1) is 9.81 Å². The fourth-order valence-corrected chi connectivity index (χ4v) is 1.47. The predicted octanol–water partition coefficient (Wildman–Crippen LogP) is -2.14. The summed E-state index contributed by atoms with van der Waals surface area (Å²) >= 11 is 0. The normalized spacial score (nSPS) is 10.5. The minimum Gasteiger partial charge on any atom is -0.725 e. The van der Waals surface area contributed by atoms with E-state index < -0.39 is 26.8 Å². The van der Waals surface area contributed by atoms with Crippen LogP contribution in [0.3, 0.4) is 0 Å². The summed E-state index contributed by atoms with van der Waals surface area (Å²) in [5, 5.41) is 1.00. The first-order valence-electron chi connectivity index (χ1n) is 2.61. The molecule has 0 rings (SSSR count). The van der Waals surface area contributed by atoms with E-state index in [-0.39, 0.29) is 0 Å². The summed E-state index contributed by atoms with van der Waals surface area (Å²) < 4.78 is 55.7. The van der Waals surface area contributed by atoms with E-state index in [0.29, 0.717) is 6.92 Å². The molecule has 0 saturated carbocycles. The molecule has 0 bridgehead atoms. The Morgan fingerprint density at radius 2 is 1.53 bits per heavy atom. The van der Waals surface area contributed by atoms with E-state index in [4.69, 9.17) is 9.81 Å². The van der Waals surface area contributed by atoms with Crippen LogP contribution in [0.5, 0.6) is 0 Å². The van der Waals surface area contributed by atoms with Crippen molar-refractivity contribution in [1.82, 2.24) is 5.04 Å². The molecule has 0 amide bonds. The summed E-state index contributed by atoms with van der Waals surface area (Å²) in [5.41, 5.74) is 0. The Morgan fingerprint density at radius 3 is 1.73 bits per heavy atom. The average Bonchev–Trinajstić information content (AvgIpc) is 1.76. The average molecular weight is 265 g/mol. The highest BCUT2D eigenvalue weighted by atomic mass is 32.3. The molecule has 0 heterocycles. The smallest absolute Gasteiger partial charge is 0.569 e. The number of hydrogen-bond donors (Lipinski definition) is 0. The van der Waals surface area contributed by atoms with Crippen LogP contribution in [0.25, 0.3) is 0 Å². The molecule has 0 radical (unpaired) electrons. The number of rotatable bonds is 3. The van der Waals surface area contributed by atoms with Crippen LogP contribution < -0.4 is 5.04 Å². The van der Waals surface area contributed by atoms with Crippen molar-refractivity contribution in [3.05, 3.63) is 9.81 Å². The second-order valence-electron chi connectivity index (χ2n) is 1.53. The zero-order valence-electron chi connectivity index (χ0n) is 6.85. The van der Waals surface area contributed by atoms with Gasteiger partial charge < -0.3 is 8.74 Å². The predicted molar refractivity (Wildman–Crippen MR) is 40.3 cm³/mol. The lowest BCUT2D eigenvalue weighted by atomic mass is 10.9. The highest BCUT2D eigenvalue weighted by Crippen LogP contribution is 2.00. The molecule has 0 spiro atoms. The Morgan fingerprint density at radius 1 is 1.20 bits per heavy atom. The van der Waals surface area contributed by atoms with E-state index in [9.17, 15) is 26.2 Å². The Hall–Kier alpha value is -1.40. The van der Waals surface area contributed by atoms with Gasteiger partial charge in [-0.3, -0.25) is 4.79 Å². The molecule has 0 unspecified atom stereocenters. The van der Waals surface area contributed by atoms with E-state index in [1.807, 2.05) is 0 Å². The van der Waals surface area contributed by atoms with E-state index in [0.717, 1.165) is 5.04 Å². The lowest BCUT2D eigenvalue weighted by molar-refractivity contribution is -0.131. The Bertz CT molecular complexity index is 436. The third-order valence-corrected chi connectivity index (χ3v) is 2.16. The standard InChI is InChI=1S/C2H4O8S2.NO2/c1-2(3)9-12(7,8)10-11(4,5)6;2-1-3/h1H3,(H,4,5,6);/q;+1/p-1. The fraction of sp³-hybridized carbons (Fsp3) is 0.500. The van der Waals surface area contributed by atoms with Gasteiger partial charge in [-0.05, 0) is 0 Å². The highest BCUT2D eigenvalue weighted by Gasteiger charge is 2.19. The SMILES string of the molecule is CC(=O)OS(=O)(=O)OS(=O)(=O)[O-].O=[N+]=O. The molecular formula is C2H3NO10S2. The van der Waals surface area contributed by atoms with Gasteiger partial charge in [0.1, 0.15) is 0 Å². The lowest BCUT2D eigenvalue weighted by Crippen LogP contribution is -2.17. The van der Waals surface area contributed by atoms with Gasteiger partial charge in [0, 0.05) is 6.92 Å². The summed E-state index contributed by atoms with van der Waals surface area (Å²) in [4.78, 5) is 26.0. The summed E-state index contributed by atoms with van der Waals surface area (Å²) in [6.45, 7) is 0.693. The van der Waals surface area contributed by atoms with Gasteiger partial charge in [0.25, 0.3) is 0 Å². The molecule has 0 saturated heterocycles. The molecule has 88 valence electrons. The Labute approximate surface area is 83.2 Å².